The molecule has 0 aliphatic rings. The van der Waals surface area contributed by atoms with Crippen LogP contribution in [0.1, 0.15) is 13.0 Å². The van der Waals surface area contributed by atoms with Crippen molar-refractivity contribution in [1.82, 2.24) is 14.5 Å². The van der Waals surface area contributed by atoms with Gasteiger partial charge in [0, 0.05) is 35.4 Å². The Bertz CT molecular complexity index is 495. The number of imidazole rings is 1. The van der Waals surface area contributed by atoms with Crippen molar-refractivity contribution in [3.05, 3.63) is 31.0 Å². The predicted octanol–water partition coefficient (Wildman–Crippen LogP) is 2.45. The highest BCUT2D eigenvalue weighted by atomic mass is 32.2. The number of nitrogens with zero attached hydrogens (tertiary/aromatic N) is 3. The first-order chi connectivity index (χ1) is 8.24. The molecule has 5 heteroatoms. The number of thioether (sulfide) groups is 1. The topological polar surface area (TPSA) is 56.7 Å². The Kier molecular flexibility index (Phi) is 3.68. The van der Waals surface area contributed by atoms with E-state index in [1.54, 1.807) is 12.4 Å². The lowest BCUT2D eigenvalue weighted by Crippen LogP contribution is -2.08. The van der Waals surface area contributed by atoms with E-state index in [1.165, 1.54) is 0 Å². The maximum Gasteiger partial charge on any atom is 0.0953 e. The smallest absolute Gasteiger partial charge is 0.0953 e. The van der Waals surface area contributed by atoms with Crippen molar-refractivity contribution in [2.24, 2.45) is 0 Å². The van der Waals surface area contributed by atoms with Gasteiger partial charge in [0.25, 0.3) is 0 Å². The van der Waals surface area contributed by atoms with E-state index in [-0.39, 0.29) is 0 Å². The maximum absolute atomic E-state index is 5.97. The molecule has 2 N–H and O–H groups in total. The molecular formula is C12H16N4S. The van der Waals surface area contributed by atoms with Crippen LogP contribution in [-0.2, 0) is 0 Å². The Morgan fingerprint density at radius 3 is 2.94 bits per heavy atom. The van der Waals surface area contributed by atoms with E-state index < -0.39 is 0 Å². The number of nitrogens with two attached hydrogens (primary N) is 1. The number of nitrogen functional groups attached to an aromatic ring is 1. The lowest BCUT2D eigenvalue weighted by Gasteiger charge is -2.16. The first-order valence-corrected chi connectivity index (χ1v) is 6.84. The molecule has 0 radical (unpaired) electrons. The van der Waals surface area contributed by atoms with Crippen LogP contribution in [-0.4, -0.2) is 26.5 Å². The number of anilines is 1. The summed E-state index contributed by atoms with van der Waals surface area (Å²) in [4.78, 5) is 8.33. The van der Waals surface area contributed by atoms with Crippen LogP contribution in [0, 0.1) is 0 Å². The van der Waals surface area contributed by atoms with Gasteiger partial charge in [-0.05, 0) is 19.2 Å². The number of pyridine rings is 1. The van der Waals surface area contributed by atoms with Crippen LogP contribution in [0.4, 0.5) is 5.69 Å². The molecule has 1 unspecified atom stereocenters. The Hall–Kier alpha value is -1.49. The molecule has 4 nitrogen and oxygen atoms in total. The van der Waals surface area contributed by atoms with Crippen molar-refractivity contribution < 1.29 is 0 Å². The zero-order chi connectivity index (χ0) is 12.3. The Morgan fingerprint density at radius 1 is 1.41 bits per heavy atom. The fraction of sp³-hybridized carbons (Fsp3) is 0.333. The molecule has 2 aromatic rings. The van der Waals surface area contributed by atoms with E-state index in [2.05, 4.69) is 27.7 Å². The molecule has 0 aliphatic heterocycles. The molecule has 2 heterocycles. The van der Waals surface area contributed by atoms with Crippen LogP contribution in [0.3, 0.4) is 0 Å². The first kappa shape index (κ1) is 12.0. The molecule has 90 valence electrons. The Labute approximate surface area is 105 Å². The third-order valence-electron chi connectivity index (χ3n) is 2.68. The van der Waals surface area contributed by atoms with Crippen LogP contribution in [0.15, 0.2) is 31.0 Å². The minimum atomic E-state index is 0.391. The van der Waals surface area contributed by atoms with Gasteiger partial charge in [-0.1, -0.05) is 0 Å². The van der Waals surface area contributed by atoms with Crippen molar-refractivity contribution >= 4 is 17.4 Å². The van der Waals surface area contributed by atoms with E-state index >= 15 is 0 Å². The van der Waals surface area contributed by atoms with Crippen molar-refractivity contribution in [2.75, 3.05) is 17.7 Å². The van der Waals surface area contributed by atoms with Gasteiger partial charge in [0.05, 0.1) is 18.2 Å². The summed E-state index contributed by atoms with van der Waals surface area (Å²) < 4.78 is 2.14. The monoisotopic (exact) mass is 248 g/mol. The average Bonchev–Trinajstić information content (AvgIpc) is 2.79. The summed E-state index contributed by atoms with van der Waals surface area (Å²) in [7, 11) is 0. The largest absolute Gasteiger partial charge is 0.398 e. The molecule has 2 rings (SSSR count). The molecule has 2 aromatic heterocycles. The number of hydrogen-bond donors (Lipinski definition) is 1. The van der Waals surface area contributed by atoms with Gasteiger partial charge in [-0.2, -0.15) is 11.8 Å². The summed E-state index contributed by atoms with van der Waals surface area (Å²) in [6.07, 6.45) is 9.28. The third kappa shape index (κ3) is 2.44. The highest BCUT2D eigenvalue weighted by Gasteiger charge is 2.12. The second-order valence-corrected chi connectivity index (χ2v) is 4.86. The highest BCUT2D eigenvalue weighted by molar-refractivity contribution is 7.98. The van der Waals surface area contributed by atoms with Gasteiger partial charge in [0.15, 0.2) is 0 Å². The third-order valence-corrected chi connectivity index (χ3v) is 3.50. The molecule has 1 atom stereocenters. The van der Waals surface area contributed by atoms with Gasteiger partial charge >= 0.3 is 0 Å². The highest BCUT2D eigenvalue weighted by Crippen LogP contribution is 2.27. The molecule has 0 aromatic carbocycles. The van der Waals surface area contributed by atoms with Gasteiger partial charge < -0.3 is 10.3 Å². The van der Waals surface area contributed by atoms with Gasteiger partial charge in [-0.15, -0.1) is 0 Å². The second-order valence-electron chi connectivity index (χ2n) is 3.95. The SMILES string of the molecule is CSCC(C)n1cncc1-c1cnccc1N. The lowest BCUT2D eigenvalue weighted by atomic mass is 10.2. The van der Waals surface area contributed by atoms with Crippen LogP contribution in [0.25, 0.3) is 11.3 Å². The summed E-state index contributed by atoms with van der Waals surface area (Å²) in [6, 6.07) is 2.20. The van der Waals surface area contributed by atoms with E-state index in [0.717, 1.165) is 22.7 Å². The standard InChI is InChI=1S/C12H16N4S/c1-9(7-17-2)16-8-15-6-12(16)10-5-14-4-3-11(10)13/h3-6,8-9H,7H2,1-2H3,(H2,13,14). The first-order valence-electron chi connectivity index (χ1n) is 5.44. The van der Waals surface area contributed by atoms with E-state index in [9.17, 15) is 0 Å². The Balaban J connectivity index is 2.40. The quantitative estimate of drug-likeness (QED) is 0.903. The summed E-state index contributed by atoms with van der Waals surface area (Å²) in [5.41, 5.74) is 8.67. The Morgan fingerprint density at radius 2 is 2.24 bits per heavy atom. The zero-order valence-electron chi connectivity index (χ0n) is 10.00. The van der Waals surface area contributed by atoms with E-state index in [4.69, 9.17) is 5.73 Å². The minimum Gasteiger partial charge on any atom is -0.398 e. The average molecular weight is 248 g/mol. The molecule has 0 spiro atoms. The number of hydrogen-bond acceptors (Lipinski definition) is 4. The summed E-state index contributed by atoms with van der Waals surface area (Å²) in [5, 5.41) is 0. The second kappa shape index (κ2) is 5.23. The summed E-state index contributed by atoms with van der Waals surface area (Å²) in [5.74, 6) is 1.05. The molecule has 0 fully saturated rings. The summed E-state index contributed by atoms with van der Waals surface area (Å²) >= 11 is 1.82. The van der Waals surface area contributed by atoms with Gasteiger partial charge in [-0.25, -0.2) is 4.98 Å². The van der Waals surface area contributed by atoms with Crippen molar-refractivity contribution in [3.63, 3.8) is 0 Å². The molecule has 0 saturated carbocycles. The number of aromatic nitrogens is 3. The lowest BCUT2D eigenvalue weighted by molar-refractivity contribution is 0.615. The van der Waals surface area contributed by atoms with Crippen molar-refractivity contribution in [3.8, 4) is 11.3 Å². The van der Waals surface area contributed by atoms with E-state index in [0.29, 0.717) is 6.04 Å². The fourth-order valence-electron chi connectivity index (χ4n) is 1.81. The van der Waals surface area contributed by atoms with Gasteiger partial charge in [0.2, 0.25) is 0 Å². The van der Waals surface area contributed by atoms with E-state index in [1.807, 2.05) is 30.4 Å². The van der Waals surface area contributed by atoms with Crippen molar-refractivity contribution in [2.45, 2.75) is 13.0 Å². The molecular weight excluding hydrogens is 232 g/mol. The molecule has 0 bridgehead atoms. The van der Waals surface area contributed by atoms with Gasteiger partial charge in [0.1, 0.15) is 0 Å². The molecule has 0 saturated heterocycles. The molecule has 17 heavy (non-hydrogen) atoms. The number of rotatable bonds is 4. The zero-order valence-corrected chi connectivity index (χ0v) is 10.8. The summed E-state index contributed by atoms with van der Waals surface area (Å²) in [6.45, 7) is 2.17. The maximum atomic E-state index is 5.97. The molecule has 0 amide bonds. The molecule has 0 aliphatic carbocycles. The van der Waals surface area contributed by atoms with Crippen LogP contribution in [0.2, 0.25) is 0 Å². The van der Waals surface area contributed by atoms with Crippen LogP contribution in [0.5, 0.6) is 0 Å². The van der Waals surface area contributed by atoms with Crippen LogP contribution >= 0.6 is 11.8 Å². The fourth-order valence-corrected chi connectivity index (χ4v) is 2.45. The minimum absolute atomic E-state index is 0.391. The van der Waals surface area contributed by atoms with Crippen molar-refractivity contribution in [1.29, 1.82) is 0 Å². The van der Waals surface area contributed by atoms with Crippen LogP contribution < -0.4 is 5.73 Å². The van der Waals surface area contributed by atoms with Gasteiger partial charge in [-0.3, -0.25) is 4.98 Å². The normalized spacial score (nSPS) is 12.6. The predicted molar refractivity (Wildman–Crippen MR) is 73.0 cm³/mol.